The van der Waals surface area contributed by atoms with E-state index in [4.69, 9.17) is 4.74 Å². The lowest BCUT2D eigenvalue weighted by Gasteiger charge is -2.32. The summed E-state index contributed by atoms with van der Waals surface area (Å²) in [6.07, 6.45) is 3.53. The van der Waals surface area contributed by atoms with Crippen molar-refractivity contribution >= 4 is 22.6 Å². The monoisotopic (exact) mass is 373 g/mol. The Morgan fingerprint density at radius 2 is 2.11 bits per heavy atom. The first kappa shape index (κ1) is 15.3. The third-order valence-electron chi connectivity index (χ3n) is 3.91. The summed E-state index contributed by atoms with van der Waals surface area (Å²) < 4.78 is 6.93. The number of hydrogen-bond donors (Lipinski definition) is 1. The lowest BCUT2D eigenvalue weighted by atomic mass is 9.86. The molecule has 1 N–H and O–H groups in total. The molecule has 19 heavy (non-hydrogen) atoms. The molecule has 106 valence electrons. The van der Waals surface area contributed by atoms with Crippen LogP contribution in [0.25, 0.3) is 0 Å². The summed E-state index contributed by atoms with van der Waals surface area (Å²) in [6.45, 7) is 7.35. The van der Waals surface area contributed by atoms with Crippen molar-refractivity contribution < 1.29 is 4.74 Å². The van der Waals surface area contributed by atoms with E-state index in [1.165, 1.54) is 34.0 Å². The van der Waals surface area contributed by atoms with Gasteiger partial charge in [-0.2, -0.15) is 0 Å². The zero-order valence-electron chi connectivity index (χ0n) is 11.9. The van der Waals surface area contributed by atoms with Crippen LogP contribution in [-0.2, 0) is 4.74 Å². The number of nitrogens with one attached hydrogen (secondary N) is 1. The Balaban J connectivity index is 2.22. The van der Waals surface area contributed by atoms with Gasteiger partial charge in [-0.3, -0.25) is 0 Å². The Morgan fingerprint density at radius 3 is 2.79 bits per heavy atom. The van der Waals surface area contributed by atoms with Crippen molar-refractivity contribution in [2.45, 2.75) is 39.2 Å². The molecule has 0 saturated carbocycles. The molecular formula is C16H24INO. The lowest BCUT2D eigenvalue weighted by molar-refractivity contribution is 0.0535. The van der Waals surface area contributed by atoms with E-state index in [0.29, 0.717) is 12.0 Å². The van der Waals surface area contributed by atoms with Crippen LogP contribution < -0.4 is 5.32 Å². The largest absolute Gasteiger partial charge is 0.381 e. The first-order valence-corrected chi connectivity index (χ1v) is 8.38. The highest BCUT2D eigenvalue weighted by molar-refractivity contribution is 14.1. The minimum absolute atomic E-state index is 0.482. The second-order valence-corrected chi connectivity index (χ2v) is 6.44. The fourth-order valence-corrected chi connectivity index (χ4v) is 3.48. The number of halogens is 1. The molecule has 1 unspecified atom stereocenters. The van der Waals surface area contributed by atoms with E-state index in [2.05, 4.69) is 60.0 Å². The van der Waals surface area contributed by atoms with Gasteiger partial charge in [0.05, 0.1) is 0 Å². The zero-order valence-corrected chi connectivity index (χ0v) is 14.1. The normalized spacial score (nSPS) is 18.5. The van der Waals surface area contributed by atoms with Crippen LogP contribution >= 0.6 is 22.6 Å². The van der Waals surface area contributed by atoms with Crippen molar-refractivity contribution in [1.29, 1.82) is 0 Å². The molecule has 2 nitrogen and oxygen atoms in total. The smallest absolute Gasteiger partial charge is 0.0469 e. The molecule has 1 aliphatic rings. The second kappa shape index (κ2) is 7.60. The number of benzene rings is 1. The van der Waals surface area contributed by atoms with E-state index in [1.807, 2.05) is 0 Å². The van der Waals surface area contributed by atoms with E-state index in [1.54, 1.807) is 0 Å². The van der Waals surface area contributed by atoms with Crippen molar-refractivity contribution in [1.82, 2.24) is 5.32 Å². The minimum atomic E-state index is 0.482. The average molecular weight is 373 g/mol. The molecule has 0 radical (unpaired) electrons. The Morgan fingerprint density at radius 1 is 1.37 bits per heavy atom. The van der Waals surface area contributed by atoms with Crippen LogP contribution in [-0.4, -0.2) is 19.8 Å². The molecule has 0 aromatic heterocycles. The lowest BCUT2D eigenvalue weighted by Crippen LogP contribution is -2.33. The molecule has 1 aromatic rings. The molecule has 1 aliphatic heterocycles. The van der Waals surface area contributed by atoms with Crippen LogP contribution in [0.5, 0.6) is 0 Å². The van der Waals surface area contributed by atoms with Gasteiger partial charge in [-0.25, -0.2) is 0 Å². The Bertz CT molecular complexity index is 402. The Hall–Kier alpha value is -0.130. The highest BCUT2D eigenvalue weighted by Crippen LogP contribution is 2.33. The maximum Gasteiger partial charge on any atom is 0.0469 e. The Labute approximate surface area is 130 Å². The molecular weight excluding hydrogens is 349 g/mol. The molecule has 1 aromatic carbocycles. The molecule has 1 saturated heterocycles. The summed E-state index contributed by atoms with van der Waals surface area (Å²) >= 11 is 2.50. The van der Waals surface area contributed by atoms with Gasteiger partial charge in [0.25, 0.3) is 0 Å². The van der Waals surface area contributed by atoms with Crippen LogP contribution in [0.2, 0.25) is 0 Å². The number of rotatable bonds is 5. The molecule has 0 aliphatic carbocycles. The summed E-state index contributed by atoms with van der Waals surface area (Å²) in [4.78, 5) is 0. The van der Waals surface area contributed by atoms with E-state index in [-0.39, 0.29) is 0 Å². The first-order chi connectivity index (χ1) is 9.24. The van der Waals surface area contributed by atoms with Crippen molar-refractivity contribution in [3.05, 3.63) is 32.9 Å². The maximum atomic E-state index is 5.51. The molecule has 0 amide bonds. The summed E-state index contributed by atoms with van der Waals surface area (Å²) in [5, 5.41) is 3.76. The van der Waals surface area contributed by atoms with Crippen LogP contribution in [0, 0.1) is 16.4 Å². The fraction of sp³-hybridized carbons (Fsp3) is 0.625. The topological polar surface area (TPSA) is 21.3 Å². The fourth-order valence-electron chi connectivity index (χ4n) is 2.79. The molecule has 2 rings (SSSR count). The summed E-state index contributed by atoms with van der Waals surface area (Å²) in [5.74, 6) is 0.704. The highest BCUT2D eigenvalue weighted by Gasteiger charge is 2.26. The molecule has 1 atom stereocenters. The van der Waals surface area contributed by atoms with Gasteiger partial charge in [-0.15, -0.1) is 0 Å². The standard InChI is InChI=1S/C16H24INO/c1-3-9-18-16(13-7-10-19-11-8-13)14-6-4-5-12(2)15(14)17/h4-6,13,16,18H,3,7-11H2,1-2H3. The third kappa shape index (κ3) is 3.92. The van der Waals surface area contributed by atoms with E-state index in [0.717, 1.165) is 19.8 Å². The van der Waals surface area contributed by atoms with E-state index in [9.17, 15) is 0 Å². The van der Waals surface area contributed by atoms with Gasteiger partial charge in [-0.05, 0) is 72.4 Å². The van der Waals surface area contributed by atoms with Crippen LogP contribution in [0.3, 0.4) is 0 Å². The van der Waals surface area contributed by atoms with Crippen molar-refractivity contribution in [2.24, 2.45) is 5.92 Å². The first-order valence-electron chi connectivity index (χ1n) is 7.30. The Kier molecular flexibility index (Phi) is 6.10. The quantitative estimate of drug-likeness (QED) is 0.786. The number of ether oxygens (including phenoxy) is 1. The van der Waals surface area contributed by atoms with Crippen molar-refractivity contribution in [3.63, 3.8) is 0 Å². The summed E-state index contributed by atoms with van der Waals surface area (Å²) in [7, 11) is 0. The second-order valence-electron chi connectivity index (χ2n) is 5.36. The molecule has 0 bridgehead atoms. The van der Waals surface area contributed by atoms with Gasteiger partial charge >= 0.3 is 0 Å². The van der Waals surface area contributed by atoms with Crippen LogP contribution in [0.15, 0.2) is 18.2 Å². The minimum Gasteiger partial charge on any atom is -0.381 e. The van der Waals surface area contributed by atoms with Gasteiger partial charge in [0.1, 0.15) is 0 Å². The van der Waals surface area contributed by atoms with E-state index >= 15 is 0 Å². The maximum absolute atomic E-state index is 5.51. The van der Waals surface area contributed by atoms with Crippen molar-refractivity contribution in [2.75, 3.05) is 19.8 Å². The summed E-state index contributed by atoms with van der Waals surface area (Å²) in [5.41, 5.74) is 2.86. The molecule has 3 heteroatoms. The van der Waals surface area contributed by atoms with Gasteiger partial charge < -0.3 is 10.1 Å². The van der Waals surface area contributed by atoms with Crippen LogP contribution in [0.1, 0.15) is 43.4 Å². The van der Waals surface area contributed by atoms with E-state index < -0.39 is 0 Å². The average Bonchev–Trinajstić information content (AvgIpc) is 2.45. The molecule has 1 heterocycles. The van der Waals surface area contributed by atoms with Gasteiger partial charge in [0.15, 0.2) is 0 Å². The van der Waals surface area contributed by atoms with Gasteiger partial charge in [-0.1, -0.05) is 25.1 Å². The zero-order chi connectivity index (χ0) is 13.7. The van der Waals surface area contributed by atoms with Gasteiger partial charge in [0.2, 0.25) is 0 Å². The predicted octanol–water partition coefficient (Wildman–Crippen LogP) is 4.07. The summed E-state index contributed by atoms with van der Waals surface area (Å²) in [6, 6.07) is 7.16. The van der Waals surface area contributed by atoms with Crippen LogP contribution in [0.4, 0.5) is 0 Å². The third-order valence-corrected chi connectivity index (χ3v) is 5.38. The van der Waals surface area contributed by atoms with Gasteiger partial charge in [0, 0.05) is 22.8 Å². The number of aryl methyl sites for hydroxylation is 1. The molecule has 0 spiro atoms. The SMILES string of the molecule is CCCNC(c1cccc(C)c1I)C1CCOCC1. The molecule has 1 fully saturated rings. The predicted molar refractivity (Wildman–Crippen MR) is 88.5 cm³/mol. The van der Waals surface area contributed by atoms with Crippen molar-refractivity contribution in [3.8, 4) is 0 Å². The number of hydrogen-bond acceptors (Lipinski definition) is 2. The highest BCUT2D eigenvalue weighted by atomic mass is 127.